The minimum absolute atomic E-state index is 0.0405. The summed E-state index contributed by atoms with van der Waals surface area (Å²) in [5.41, 5.74) is 2.04. The van der Waals surface area contributed by atoms with Crippen LogP contribution in [-0.2, 0) is 22.8 Å². The van der Waals surface area contributed by atoms with E-state index in [-0.39, 0.29) is 5.41 Å². The molecule has 29 heavy (non-hydrogen) atoms. The summed E-state index contributed by atoms with van der Waals surface area (Å²) in [6.45, 7) is 7.69. The molecule has 1 aromatic carbocycles. The lowest BCUT2D eigenvalue weighted by Gasteiger charge is -2.26. The van der Waals surface area contributed by atoms with Crippen LogP contribution in [0.25, 0.3) is 11.0 Å². The summed E-state index contributed by atoms with van der Waals surface area (Å²) >= 11 is 3.47. The molecule has 2 heterocycles. The number of nitrogens with zero attached hydrogens (tertiary/aromatic N) is 3. The lowest BCUT2D eigenvalue weighted by molar-refractivity contribution is 0.313. The first-order chi connectivity index (χ1) is 13.8. The van der Waals surface area contributed by atoms with Crippen LogP contribution in [0.15, 0.2) is 50.9 Å². The topological polar surface area (TPSA) is 47.8 Å². The number of hydrogen-bond acceptors (Lipinski definition) is 3. The van der Waals surface area contributed by atoms with E-state index in [4.69, 9.17) is 4.98 Å². The molecule has 0 radical (unpaired) electrons. The second kappa shape index (κ2) is 8.31. The third-order valence-corrected chi connectivity index (χ3v) is 8.04. The lowest BCUT2D eigenvalue weighted by atomic mass is 9.88. The minimum atomic E-state index is -1.28. The highest BCUT2D eigenvalue weighted by Crippen LogP contribution is 2.33. The molecule has 3 aromatic rings. The van der Waals surface area contributed by atoms with Crippen LogP contribution < -0.4 is 0 Å². The summed E-state index contributed by atoms with van der Waals surface area (Å²) < 4.78 is 16.3. The summed E-state index contributed by atoms with van der Waals surface area (Å²) in [6, 6.07) is 7.87. The Morgan fingerprint density at radius 1 is 1.17 bits per heavy atom. The first-order valence-electron chi connectivity index (χ1n) is 10.4. The molecule has 0 N–H and O–H groups in total. The van der Waals surface area contributed by atoms with Crippen molar-refractivity contribution in [3.63, 3.8) is 0 Å². The molecule has 6 heteroatoms. The number of pyridine rings is 1. The van der Waals surface area contributed by atoms with Crippen LogP contribution in [0.1, 0.15) is 58.7 Å². The van der Waals surface area contributed by atoms with Gasteiger partial charge in [-0.15, -0.1) is 0 Å². The number of hydrogen-bond donors (Lipinski definition) is 0. The van der Waals surface area contributed by atoms with Gasteiger partial charge in [-0.05, 0) is 59.0 Å². The van der Waals surface area contributed by atoms with E-state index < -0.39 is 10.8 Å². The van der Waals surface area contributed by atoms with Crippen LogP contribution in [0.4, 0.5) is 0 Å². The highest BCUT2D eigenvalue weighted by molar-refractivity contribution is 9.10. The second-order valence-corrected chi connectivity index (χ2v) is 11.3. The molecule has 0 saturated heterocycles. The number of imidazole rings is 1. The Bertz CT molecular complexity index is 1050. The molecule has 0 bridgehead atoms. The molecule has 1 aliphatic carbocycles. The normalized spacial score (nSPS) is 17.0. The van der Waals surface area contributed by atoms with Crippen molar-refractivity contribution in [3.8, 4) is 0 Å². The highest BCUT2D eigenvalue weighted by Gasteiger charge is 2.25. The quantitative estimate of drug-likeness (QED) is 0.450. The monoisotopic (exact) mass is 473 g/mol. The van der Waals surface area contributed by atoms with E-state index in [9.17, 15) is 4.21 Å². The second-order valence-electron chi connectivity index (χ2n) is 9.03. The Labute approximate surface area is 183 Å². The van der Waals surface area contributed by atoms with Gasteiger partial charge in [-0.25, -0.2) is 9.19 Å². The van der Waals surface area contributed by atoms with Crippen molar-refractivity contribution in [2.24, 2.45) is 5.92 Å². The summed E-state index contributed by atoms with van der Waals surface area (Å²) in [6.07, 6.45) is 10.0. The fourth-order valence-corrected chi connectivity index (χ4v) is 6.02. The molecule has 4 nitrogen and oxygen atoms in total. The number of fused-ring (bicyclic) bond motifs is 1. The maximum atomic E-state index is 13.1. The van der Waals surface area contributed by atoms with Gasteiger partial charge in [0.2, 0.25) is 0 Å². The first kappa shape index (κ1) is 20.7. The van der Waals surface area contributed by atoms with E-state index in [2.05, 4.69) is 52.3 Å². The Morgan fingerprint density at radius 2 is 1.93 bits per heavy atom. The zero-order chi connectivity index (χ0) is 20.6. The van der Waals surface area contributed by atoms with Crippen molar-refractivity contribution in [1.82, 2.24) is 14.5 Å². The van der Waals surface area contributed by atoms with E-state index in [0.29, 0.717) is 0 Å². The summed E-state index contributed by atoms with van der Waals surface area (Å²) in [5, 5.41) is 0. The molecule has 2 aromatic heterocycles. The van der Waals surface area contributed by atoms with Crippen LogP contribution >= 0.6 is 15.9 Å². The van der Waals surface area contributed by atoms with Gasteiger partial charge in [-0.3, -0.25) is 4.98 Å². The van der Waals surface area contributed by atoms with Crippen LogP contribution in [0.3, 0.4) is 0 Å². The van der Waals surface area contributed by atoms with E-state index in [1.54, 1.807) is 18.5 Å². The molecule has 1 unspecified atom stereocenters. The molecule has 154 valence electrons. The number of benzene rings is 1. The van der Waals surface area contributed by atoms with Crippen molar-refractivity contribution in [2.75, 3.05) is 0 Å². The lowest BCUT2D eigenvalue weighted by Crippen LogP contribution is -2.22. The minimum Gasteiger partial charge on any atom is -0.327 e. The SMILES string of the molecule is CC(C)(C)c1nc2cc(S(=O)c3ccncc3Br)ccc2n1CC1CCCCC1. The third-order valence-electron chi connectivity index (χ3n) is 5.71. The van der Waals surface area contributed by atoms with Crippen molar-refractivity contribution < 1.29 is 4.21 Å². The fourth-order valence-electron chi connectivity index (χ4n) is 4.25. The molecule has 0 aliphatic heterocycles. The predicted molar refractivity (Wildman–Crippen MR) is 122 cm³/mol. The van der Waals surface area contributed by atoms with E-state index in [0.717, 1.165) is 43.6 Å². The zero-order valence-electron chi connectivity index (χ0n) is 17.3. The largest absolute Gasteiger partial charge is 0.327 e. The highest BCUT2D eigenvalue weighted by atomic mass is 79.9. The Balaban J connectivity index is 1.75. The van der Waals surface area contributed by atoms with Crippen molar-refractivity contribution in [2.45, 2.75) is 74.6 Å². The van der Waals surface area contributed by atoms with Crippen molar-refractivity contribution in [1.29, 1.82) is 0 Å². The molecule has 1 saturated carbocycles. The van der Waals surface area contributed by atoms with Crippen molar-refractivity contribution in [3.05, 3.63) is 47.0 Å². The van der Waals surface area contributed by atoms with Gasteiger partial charge < -0.3 is 4.57 Å². The average Bonchev–Trinajstić information content (AvgIpc) is 3.07. The Kier molecular flexibility index (Phi) is 5.94. The summed E-state index contributed by atoms with van der Waals surface area (Å²) in [5.74, 6) is 1.84. The summed E-state index contributed by atoms with van der Waals surface area (Å²) in [4.78, 5) is 10.6. The van der Waals surface area contributed by atoms with Gasteiger partial charge >= 0.3 is 0 Å². The number of halogens is 1. The maximum Gasteiger partial charge on any atom is 0.115 e. The molecule has 1 fully saturated rings. The number of rotatable bonds is 4. The van der Waals surface area contributed by atoms with Crippen LogP contribution in [0, 0.1) is 5.92 Å². The number of aromatic nitrogens is 3. The van der Waals surface area contributed by atoms with Gasteiger partial charge in [0.1, 0.15) is 5.82 Å². The smallest absolute Gasteiger partial charge is 0.115 e. The molecule has 1 aliphatic rings. The van der Waals surface area contributed by atoms with Crippen LogP contribution in [0.5, 0.6) is 0 Å². The van der Waals surface area contributed by atoms with E-state index >= 15 is 0 Å². The van der Waals surface area contributed by atoms with Crippen LogP contribution in [0.2, 0.25) is 0 Å². The van der Waals surface area contributed by atoms with Crippen LogP contribution in [-0.4, -0.2) is 18.7 Å². The van der Waals surface area contributed by atoms with E-state index in [1.165, 1.54) is 32.1 Å². The Hall–Kier alpha value is -1.53. The molecule has 0 amide bonds. The summed E-state index contributed by atoms with van der Waals surface area (Å²) in [7, 11) is -1.28. The first-order valence-corrected chi connectivity index (χ1v) is 12.3. The fraction of sp³-hybridized carbons (Fsp3) is 0.478. The standard InChI is InChI=1S/C23H28BrN3OS/c1-23(2,3)22-26-19-13-17(29(28)21-11-12-25-14-18(21)24)9-10-20(19)27(22)15-16-7-5-4-6-8-16/h9-14,16H,4-8,15H2,1-3H3. The van der Waals surface area contributed by atoms with Crippen molar-refractivity contribution >= 4 is 37.8 Å². The molecule has 0 spiro atoms. The molecule has 4 rings (SSSR count). The zero-order valence-corrected chi connectivity index (χ0v) is 19.7. The van der Waals surface area contributed by atoms with E-state index in [1.807, 2.05) is 12.1 Å². The van der Waals surface area contributed by atoms with Gasteiger partial charge in [-0.1, -0.05) is 40.0 Å². The molecular formula is C23H28BrN3OS. The van der Waals surface area contributed by atoms with Gasteiger partial charge in [0.25, 0.3) is 0 Å². The predicted octanol–water partition coefficient (Wildman–Crippen LogP) is 6.24. The van der Waals surface area contributed by atoms with Gasteiger partial charge in [0.15, 0.2) is 0 Å². The van der Waals surface area contributed by atoms with Gasteiger partial charge in [0.05, 0.1) is 31.2 Å². The average molecular weight is 474 g/mol. The molecular weight excluding hydrogens is 446 g/mol. The maximum absolute atomic E-state index is 13.1. The molecule has 1 atom stereocenters. The Morgan fingerprint density at radius 3 is 2.62 bits per heavy atom. The van der Waals surface area contributed by atoms with Gasteiger partial charge in [-0.2, -0.15) is 0 Å². The van der Waals surface area contributed by atoms with Gasteiger partial charge in [0, 0.05) is 29.2 Å². The third kappa shape index (κ3) is 4.33.